The van der Waals surface area contributed by atoms with Crippen LogP contribution in [0.3, 0.4) is 0 Å². The SMILES string of the molecule is CC(=O)N[C@@H]1[C@@H](O)[C@H](O[C@@H]2O[C@H](CO)[C@@H](O[C@@H]3O[C@H](CO[C@H]4O[C@H](CO[C@H]5O[C@H](CO)[C@@H](O)[C@H](O)[C@@H]5O)[C@@H](O)[C@H](O[C@H]5O[C@H](CO)[C@@H](O)[C@H](O)[C@@H]5O)[C@@H]4O)[C@@H](O)[C@H](O[C@H]4O[C@H](CO)[C@@H](O)[C@H](O)[C@@H]4O[C@@H]4O[C@H](CO)[C@@H](O)[C@H](O[C@@H]5O[C@H](CO)[C@H](O)[C@H](O[C@]6(C(=O)O)C[C@H](O)[C@@H](NC(=O)CO)[C@H]([C@H](O)[C@H](O)CO)O6)[C@H]5O)[C@H]4NC(C)=O)[C@@H]3O)[C@H](O)[C@H]2NC(C)=O)[C@@H](CO)O[C@H]1O. The molecule has 0 aromatic carbocycles. The van der Waals surface area contributed by atoms with Gasteiger partial charge in [-0.25, -0.2) is 4.79 Å². The fourth-order valence-electron chi connectivity index (χ4n) is 16.5. The van der Waals surface area contributed by atoms with Crippen LogP contribution in [0.5, 0.6) is 0 Å². The van der Waals surface area contributed by atoms with Gasteiger partial charge >= 0.3 is 5.97 Å². The monoisotopic (exact) mass is 1910 g/mol. The van der Waals surface area contributed by atoms with Crippen LogP contribution in [0.4, 0.5) is 0 Å². The van der Waals surface area contributed by atoms with Gasteiger partial charge in [-0.2, -0.15) is 0 Å². The third kappa shape index (κ3) is 23.5. The van der Waals surface area contributed by atoms with Gasteiger partial charge in [0.15, 0.2) is 56.6 Å². The molecule has 10 saturated heterocycles. The summed E-state index contributed by atoms with van der Waals surface area (Å²) in [7, 11) is 0. The molecular weight excluding hydrogens is 1790 g/mol. The van der Waals surface area contributed by atoms with Crippen LogP contribution in [0.2, 0.25) is 0 Å². The van der Waals surface area contributed by atoms with Crippen LogP contribution in [0.15, 0.2) is 0 Å². The van der Waals surface area contributed by atoms with Gasteiger partial charge < -0.3 is 270 Å². The molecule has 0 bridgehead atoms. The quantitative estimate of drug-likeness (QED) is 0.0277. The highest BCUT2D eigenvalue weighted by Gasteiger charge is 2.64. The second kappa shape index (κ2) is 46.7. The molecule has 0 aromatic rings. The maximum atomic E-state index is 13.5. The number of hydrogen-bond donors (Lipinski definition) is 35. The Balaban J connectivity index is 0.996. The van der Waals surface area contributed by atoms with Gasteiger partial charge in [-0.3, -0.25) is 19.2 Å². The van der Waals surface area contributed by atoms with Crippen molar-refractivity contribution in [1.29, 1.82) is 0 Å². The highest BCUT2D eigenvalue weighted by atomic mass is 16.8. The van der Waals surface area contributed by atoms with Crippen LogP contribution < -0.4 is 21.3 Å². The molecule has 130 heavy (non-hydrogen) atoms. The molecule has 0 unspecified atom stereocenters. The Morgan fingerprint density at radius 1 is 0.331 bits per heavy atom. The lowest BCUT2D eigenvalue weighted by Gasteiger charge is -2.52. The molecule has 10 heterocycles. The van der Waals surface area contributed by atoms with E-state index in [-0.39, 0.29) is 0 Å². The van der Waals surface area contributed by atoms with Crippen LogP contribution in [0.1, 0.15) is 27.2 Å². The lowest BCUT2D eigenvalue weighted by atomic mass is 9.88. The molecule has 0 spiro atoms. The topological polar surface area (TPSA) is 936 Å². The number of carboxylic acid groups (broad SMARTS) is 1. The van der Waals surface area contributed by atoms with Crippen LogP contribution >= 0.6 is 0 Å². The normalized spacial score (nSPS) is 47.9. The number of nitrogens with one attached hydrogen (secondary N) is 4. The predicted molar refractivity (Wildman–Crippen MR) is 395 cm³/mol. The minimum atomic E-state index is -3.43. The van der Waals surface area contributed by atoms with E-state index in [1.54, 1.807) is 0 Å². The lowest BCUT2D eigenvalue weighted by molar-refractivity contribution is -0.400. The first kappa shape index (κ1) is 107. The van der Waals surface area contributed by atoms with E-state index in [0.29, 0.717) is 0 Å². The summed E-state index contributed by atoms with van der Waals surface area (Å²) in [5.74, 6) is -9.87. The fourth-order valence-corrected chi connectivity index (χ4v) is 16.5. The summed E-state index contributed by atoms with van der Waals surface area (Å²) >= 11 is 0. The van der Waals surface area contributed by atoms with E-state index >= 15 is 0 Å². The van der Waals surface area contributed by atoms with Crippen molar-refractivity contribution in [3.05, 3.63) is 0 Å². The highest BCUT2D eigenvalue weighted by molar-refractivity contribution is 5.78. The number of aliphatic hydroxyl groups excluding tert-OH is 30. The van der Waals surface area contributed by atoms with E-state index in [2.05, 4.69) is 16.0 Å². The smallest absolute Gasteiger partial charge is 0.364 e. The van der Waals surface area contributed by atoms with Gasteiger partial charge in [0.1, 0.15) is 244 Å². The standard InChI is InChI=1S/C71H118N4O55/c1-16(85)72-32-43(99)53(26(11-82)114-61(32)109)123-62-33(73-17(2)86)44(100)54(27(12-83)120-62)124-67-51(107)58(42(98)29(122-67)15-113-65-50(106)57(126-66-49(105)46(102)37(93)22(7-78)117-66)41(97)28(121-65)14-112-64-48(104)45(101)36(92)21(6-77)116-64)127-69-60(47(103)38(94)23(8-79)119-69)128-63-34(74-18(3)87)55(39(95)24(9-80)115-63)125-68-52(108)59(40(96)25(10-81)118-68)130-71(70(110)111)4-19(88)31(75-30(90)13-84)56(129-71)35(91)20(89)5-76/h19-29,31-69,76-84,88-89,91-109H,4-15H2,1-3H3,(H,72,85)(H,73,86)(H,74,87)(H,75,90)(H,110,111)/t19-,20+,21+,22+,23+,24+,25+,26+,27+,28+,29+,31+,32+,33+,34+,35+,36+,37+,38+,39+,40-,41+,42+,43+,44+,45-,46-,47-,48-,49-,50-,51-,52+,53+,54+,55+,56+,57-,58-,59-,60-,61+,62-,63-,64-,65-,66+,67-,68-,69+,71-/m0/s1. The number of amides is 4. The van der Waals surface area contributed by atoms with E-state index in [1.165, 1.54) is 0 Å². The molecule has 10 aliphatic rings. The number of ether oxygens (including phenoxy) is 19. The molecule has 10 rings (SSSR count). The number of carbonyl (C=O) groups excluding carboxylic acids is 4. The lowest BCUT2D eigenvalue weighted by Crippen LogP contribution is -2.72. The maximum absolute atomic E-state index is 13.5. The van der Waals surface area contributed by atoms with Gasteiger partial charge in [-0.15, -0.1) is 0 Å². The molecule has 0 aromatic heterocycles. The number of aliphatic hydroxyl groups is 30. The average Bonchev–Trinajstić information content (AvgIpc) is 0.751. The fraction of sp³-hybridized carbons (Fsp3) is 0.930. The van der Waals surface area contributed by atoms with Crippen molar-refractivity contribution in [3.8, 4) is 0 Å². The number of hydrogen-bond acceptors (Lipinski definition) is 54. The first-order valence-corrected chi connectivity index (χ1v) is 40.9. The van der Waals surface area contributed by atoms with E-state index in [9.17, 15) is 182 Å². The van der Waals surface area contributed by atoms with Gasteiger partial charge in [0, 0.05) is 27.2 Å². The molecule has 10 fully saturated rings. The van der Waals surface area contributed by atoms with Crippen LogP contribution in [-0.2, 0) is 114 Å². The van der Waals surface area contributed by atoms with Crippen molar-refractivity contribution in [2.45, 2.75) is 340 Å². The largest absolute Gasteiger partial charge is 0.477 e. The van der Waals surface area contributed by atoms with Gasteiger partial charge in [0.25, 0.3) is 5.79 Å². The Hall–Kier alpha value is -4.61. The van der Waals surface area contributed by atoms with Gasteiger partial charge in [-0.1, -0.05) is 0 Å². The van der Waals surface area contributed by atoms with E-state index in [4.69, 9.17) is 90.0 Å². The Labute approximate surface area is 733 Å². The van der Waals surface area contributed by atoms with Crippen molar-refractivity contribution < 1.29 is 272 Å². The molecule has 752 valence electrons. The molecule has 35 N–H and O–H groups in total. The van der Waals surface area contributed by atoms with Gasteiger partial charge in [0.05, 0.1) is 78.2 Å². The second-order valence-electron chi connectivity index (χ2n) is 32.5. The first-order chi connectivity index (χ1) is 61.4. The Morgan fingerprint density at radius 3 is 1.18 bits per heavy atom. The maximum Gasteiger partial charge on any atom is 0.364 e. The summed E-state index contributed by atoms with van der Waals surface area (Å²) < 4.78 is 112. The molecule has 51 atom stereocenters. The summed E-state index contributed by atoms with van der Waals surface area (Å²) in [5, 5.41) is 354. The summed E-state index contributed by atoms with van der Waals surface area (Å²) in [5.41, 5.74) is 0. The van der Waals surface area contributed by atoms with Gasteiger partial charge in [-0.05, 0) is 0 Å². The van der Waals surface area contributed by atoms with Gasteiger partial charge in [0.2, 0.25) is 23.6 Å². The van der Waals surface area contributed by atoms with E-state index in [0.717, 1.165) is 20.8 Å². The number of carboxylic acids is 1. The molecular formula is C71H118N4O55. The van der Waals surface area contributed by atoms with Crippen LogP contribution in [0, 0.1) is 0 Å². The van der Waals surface area contributed by atoms with Crippen molar-refractivity contribution >= 4 is 29.6 Å². The van der Waals surface area contributed by atoms with Crippen molar-refractivity contribution in [2.75, 3.05) is 72.7 Å². The molecule has 0 aliphatic carbocycles. The summed E-state index contributed by atoms with van der Waals surface area (Å²) in [6.07, 6.45) is -105. The number of rotatable bonds is 36. The van der Waals surface area contributed by atoms with Crippen LogP contribution in [0.25, 0.3) is 0 Å². The minimum Gasteiger partial charge on any atom is -0.477 e. The summed E-state index contributed by atoms with van der Waals surface area (Å²) in [6.45, 7) is -10.4. The third-order valence-electron chi connectivity index (χ3n) is 23.5. The Morgan fingerprint density at radius 2 is 0.677 bits per heavy atom. The Kier molecular flexibility index (Phi) is 38.6. The zero-order chi connectivity index (χ0) is 96.0. The Bertz CT molecular complexity index is 3570. The molecule has 4 amide bonds. The second-order valence-corrected chi connectivity index (χ2v) is 32.5. The van der Waals surface area contributed by atoms with Crippen molar-refractivity contribution in [3.63, 3.8) is 0 Å². The zero-order valence-electron chi connectivity index (χ0n) is 69.0. The zero-order valence-corrected chi connectivity index (χ0v) is 69.0. The van der Waals surface area contributed by atoms with E-state index < -0.39 is 421 Å². The molecule has 10 aliphatic heterocycles. The summed E-state index contributed by atoms with van der Waals surface area (Å²) in [4.78, 5) is 64.6. The van der Waals surface area contributed by atoms with Crippen molar-refractivity contribution in [1.82, 2.24) is 21.3 Å². The molecule has 0 radical (unpaired) electrons. The number of carbonyl (C=O) groups is 5. The summed E-state index contributed by atoms with van der Waals surface area (Å²) in [6, 6.07) is -7.85. The molecule has 59 nitrogen and oxygen atoms in total. The van der Waals surface area contributed by atoms with Crippen LogP contribution in [-0.4, -0.2) is 573 Å². The highest BCUT2D eigenvalue weighted by Crippen LogP contribution is 2.43. The molecule has 59 heteroatoms. The van der Waals surface area contributed by atoms with E-state index in [1.807, 2.05) is 5.32 Å². The van der Waals surface area contributed by atoms with Crippen molar-refractivity contribution in [2.24, 2.45) is 0 Å². The number of aliphatic carboxylic acids is 1. The molecule has 0 saturated carbocycles. The first-order valence-electron chi connectivity index (χ1n) is 40.9. The minimum absolute atomic E-state index is 0.823. The predicted octanol–water partition coefficient (Wildman–Crippen LogP) is -24.1. The average molecular weight is 1910 g/mol. The third-order valence-corrected chi connectivity index (χ3v) is 23.5.